The van der Waals surface area contributed by atoms with Gasteiger partial charge < -0.3 is 20.4 Å². The number of carbonyl (C=O) groups excluding carboxylic acids is 4. The highest BCUT2D eigenvalue weighted by molar-refractivity contribution is 7.91. The first-order chi connectivity index (χ1) is 27.9. The Bertz CT molecular complexity index is 2460. The number of rotatable bonds is 8. The number of nitrogens with one attached hydrogen (secondary N) is 3. The van der Waals surface area contributed by atoms with Crippen molar-refractivity contribution >= 4 is 61.4 Å². The molecule has 16 heteroatoms. The van der Waals surface area contributed by atoms with Gasteiger partial charge in [-0.25, -0.2) is 13.1 Å². The Morgan fingerprint density at radius 1 is 0.966 bits per heavy atom. The Morgan fingerprint density at radius 2 is 1.76 bits per heavy atom. The molecule has 2 aliphatic carbocycles. The van der Waals surface area contributed by atoms with Gasteiger partial charge in [-0.2, -0.15) is 5.10 Å². The fourth-order valence-electron chi connectivity index (χ4n) is 8.40. The summed E-state index contributed by atoms with van der Waals surface area (Å²) in [6, 6.07) is 14.3. The third-order valence-electron chi connectivity index (χ3n) is 11.8. The summed E-state index contributed by atoms with van der Waals surface area (Å²) in [5.41, 5.74) is -0.109. The van der Waals surface area contributed by atoms with Crippen molar-refractivity contribution in [1.29, 1.82) is 0 Å². The summed E-state index contributed by atoms with van der Waals surface area (Å²) in [6.07, 6.45) is 9.73. The molecule has 1 saturated heterocycles. The lowest BCUT2D eigenvalue weighted by molar-refractivity contribution is -0.141. The Hall–Kier alpha value is -5.35. The molecule has 0 radical (unpaired) electrons. The molecule has 0 bridgehead atoms. The number of sulfonamides is 1. The molecule has 304 valence electrons. The minimum absolute atomic E-state index is 0.0187. The highest BCUT2D eigenvalue weighted by Crippen LogP contribution is 2.46. The van der Waals surface area contributed by atoms with Crippen LogP contribution in [0, 0.1) is 5.92 Å². The van der Waals surface area contributed by atoms with Crippen LogP contribution in [-0.4, -0.2) is 90.2 Å². The molecule has 4 unspecified atom stereocenters. The number of aromatic nitrogens is 2. The summed E-state index contributed by atoms with van der Waals surface area (Å²) in [4.78, 5) is 74.7. The van der Waals surface area contributed by atoms with E-state index in [1.807, 2.05) is 54.6 Å². The van der Waals surface area contributed by atoms with E-state index in [9.17, 15) is 32.4 Å². The number of carbonyl (C=O) groups is 4. The Kier molecular flexibility index (Phi) is 10.7. The number of hydrogen-bond acceptors (Lipinski definition) is 10. The molecule has 2 saturated carbocycles. The SMILES string of the molecule is CN(C)c1c(-c2cccc3ccccc23)cnn(C2C[C@H]3C(=O)NC4(C(=O)NS(=O)(=O)C5CC5)CC4/C=C\CCCCCC(NC(=O)c4cccs4)C(=O)N3C2)c1=O. The number of fused-ring (bicyclic) bond motifs is 3. The van der Waals surface area contributed by atoms with Crippen LogP contribution in [-0.2, 0) is 24.4 Å². The number of thiophene rings is 1. The number of benzene rings is 2. The zero-order valence-electron chi connectivity index (χ0n) is 32.4. The summed E-state index contributed by atoms with van der Waals surface area (Å²) >= 11 is 1.25. The molecule has 4 amide bonds. The third kappa shape index (κ3) is 7.66. The average molecular weight is 826 g/mol. The van der Waals surface area contributed by atoms with Gasteiger partial charge in [-0.3, -0.25) is 28.7 Å². The Balaban J connectivity index is 1.16. The van der Waals surface area contributed by atoms with Gasteiger partial charge in [-0.15, -0.1) is 11.3 Å². The summed E-state index contributed by atoms with van der Waals surface area (Å²) in [5, 5.41) is 13.6. The molecule has 4 heterocycles. The van der Waals surface area contributed by atoms with Crippen LogP contribution >= 0.6 is 11.3 Å². The van der Waals surface area contributed by atoms with Crippen LogP contribution in [0.5, 0.6) is 0 Å². The predicted molar refractivity (Wildman–Crippen MR) is 222 cm³/mol. The van der Waals surface area contributed by atoms with E-state index < -0.39 is 74.0 Å². The molecule has 3 N–H and O–H groups in total. The second kappa shape index (κ2) is 15.8. The maximum absolute atomic E-state index is 14.7. The zero-order chi connectivity index (χ0) is 40.8. The lowest BCUT2D eigenvalue weighted by Crippen LogP contribution is -2.58. The number of amides is 4. The first-order valence-electron chi connectivity index (χ1n) is 19.8. The zero-order valence-corrected chi connectivity index (χ0v) is 34.1. The number of nitrogens with zero attached hydrogens (tertiary/aromatic N) is 4. The van der Waals surface area contributed by atoms with E-state index in [-0.39, 0.29) is 19.4 Å². The summed E-state index contributed by atoms with van der Waals surface area (Å²) in [5.74, 6) is -2.81. The average Bonchev–Trinajstić information content (AvgIpc) is 4.06. The molecule has 14 nitrogen and oxygen atoms in total. The van der Waals surface area contributed by atoms with E-state index in [1.54, 1.807) is 42.7 Å². The molecule has 4 aromatic rings. The van der Waals surface area contributed by atoms with Crippen LogP contribution in [0.4, 0.5) is 5.69 Å². The standard InChI is InChI=1S/C42H47N7O7S2/c1-47(2)36-32(31-16-10-13-26-12-8-9-15-30(26)31)24-43-49(40(36)53)28-22-34-37(50)45-42(41(54)46-58(55,56)29-19-20-29)23-27(42)14-6-4-3-5-7-17-33(39(52)48(34)25-28)44-38(51)35-18-11-21-57-35/h6,8-16,18,21,24,27-29,33-34H,3-5,7,17,19-20,22-23,25H2,1-2H3,(H,44,51)(H,45,50)(H,46,54)/b14-6-/t27?,28?,33?,34-,42?/m0/s1. The van der Waals surface area contributed by atoms with Gasteiger partial charge in [0.05, 0.1) is 22.4 Å². The van der Waals surface area contributed by atoms with Crippen molar-refractivity contribution in [2.45, 2.75) is 86.7 Å². The van der Waals surface area contributed by atoms with Crippen molar-refractivity contribution in [3.05, 3.63) is 93.6 Å². The molecule has 2 aromatic carbocycles. The molecule has 4 aliphatic rings. The lowest BCUT2D eigenvalue weighted by atomic mass is 9.98. The van der Waals surface area contributed by atoms with Gasteiger partial charge >= 0.3 is 0 Å². The van der Waals surface area contributed by atoms with Crippen LogP contribution < -0.4 is 25.8 Å². The molecule has 8 rings (SSSR count). The van der Waals surface area contributed by atoms with Crippen LogP contribution in [0.25, 0.3) is 21.9 Å². The van der Waals surface area contributed by atoms with Gasteiger partial charge in [0.2, 0.25) is 21.8 Å². The molecule has 3 fully saturated rings. The number of allylic oxidation sites excluding steroid dienone is 1. The van der Waals surface area contributed by atoms with Crippen LogP contribution in [0.2, 0.25) is 0 Å². The van der Waals surface area contributed by atoms with Gasteiger partial charge in [0.15, 0.2) is 0 Å². The fourth-order valence-corrected chi connectivity index (χ4v) is 10.4. The smallest absolute Gasteiger partial charge is 0.291 e. The number of anilines is 1. The molecular formula is C42H47N7O7S2. The van der Waals surface area contributed by atoms with E-state index in [0.29, 0.717) is 48.2 Å². The molecule has 2 aromatic heterocycles. The minimum atomic E-state index is -3.92. The monoisotopic (exact) mass is 825 g/mol. The van der Waals surface area contributed by atoms with Crippen LogP contribution in [0.15, 0.2) is 83.1 Å². The van der Waals surface area contributed by atoms with E-state index in [0.717, 1.165) is 29.2 Å². The van der Waals surface area contributed by atoms with E-state index in [2.05, 4.69) is 20.5 Å². The topological polar surface area (TPSA) is 180 Å². The van der Waals surface area contributed by atoms with Crippen LogP contribution in [0.3, 0.4) is 0 Å². The summed E-state index contributed by atoms with van der Waals surface area (Å²) in [6.45, 7) is -0.0751. The Labute approximate surface area is 340 Å². The maximum atomic E-state index is 14.7. The molecule has 2 aliphatic heterocycles. The highest BCUT2D eigenvalue weighted by Gasteiger charge is 2.62. The maximum Gasteiger partial charge on any atom is 0.291 e. The minimum Gasteiger partial charge on any atom is -0.373 e. The third-order valence-corrected chi connectivity index (χ3v) is 14.4. The van der Waals surface area contributed by atoms with Crippen molar-refractivity contribution in [3.63, 3.8) is 0 Å². The lowest BCUT2D eigenvalue weighted by Gasteiger charge is -2.30. The largest absolute Gasteiger partial charge is 0.373 e. The fraction of sp³-hybridized carbons (Fsp3) is 0.429. The normalized spacial score (nSPS) is 25.7. The summed E-state index contributed by atoms with van der Waals surface area (Å²) in [7, 11) is -0.363. The van der Waals surface area contributed by atoms with Crippen molar-refractivity contribution in [3.8, 4) is 11.1 Å². The van der Waals surface area contributed by atoms with Crippen molar-refractivity contribution in [2.24, 2.45) is 5.92 Å². The van der Waals surface area contributed by atoms with Gasteiger partial charge in [0, 0.05) is 38.5 Å². The summed E-state index contributed by atoms with van der Waals surface area (Å²) < 4.78 is 29.4. The quantitative estimate of drug-likeness (QED) is 0.220. The van der Waals surface area contributed by atoms with Crippen molar-refractivity contribution < 1.29 is 27.6 Å². The molecule has 5 atom stereocenters. The van der Waals surface area contributed by atoms with Crippen molar-refractivity contribution in [1.82, 2.24) is 30.0 Å². The second-order valence-electron chi connectivity index (χ2n) is 16.0. The first-order valence-corrected chi connectivity index (χ1v) is 22.3. The van der Waals surface area contributed by atoms with Gasteiger partial charge in [-0.05, 0) is 66.3 Å². The van der Waals surface area contributed by atoms with Gasteiger partial charge in [0.1, 0.15) is 23.3 Å². The number of hydrogen-bond donors (Lipinski definition) is 3. The van der Waals surface area contributed by atoms with E-state index >= 15 is 0 Å². The molecular weight excluding hydrogens is 779 g/mol. The van der Waals surface area contributed by atoms with Crippen molar-refractivity contribution in [2.75, 3.05) is 25.5 Å². The predicted octanol–water partition coefficient (Wildman–Crippen LogP) is 4.14. The highest BCUT2D eigenvalue weighted by atomic mass is 32.2. The van der Waals surface area contributed by atoms with Crippen LogP contribution in [0.1, 0.15) is 73.5 Å². The van der Waals surface area contributed by atoms with Gasteiger partial charge in [-0.1, -0.05) is 73.5 Å². The van der Waals surface area contributed by atoms with E-state index in [4.69, 9.17) is 0 Å². The van der Waals surface area contributed by atoms with Gasteiger partial charge in [0.25, 0.3) is 17.4 Å². The Morgan fingerprint density at radius 3 is 2.52 bits per heavy atom. The van der Waals surface area contributed by atoms with E-state index in [1.165, 1.54) is 20.9 Å². The second-order valence-corrected chi connectivity index (χ2v) is 18.9. The molecule has 0 spiro atoms. The molecule has 58 heavy (non-hydrogen) atoms. The first kappa shape index (κ1) is 39.5.